The van der Waals surface area contributed by atoms with Crippen LogP contribution in [0, 0.1) is 0 Å². The van der Waals surface area contributed by atoms with Crippen LogP contribution in [0.4, 0.5) is 5.95 Å². The highest BCUT2D eigenvalue weighted by molar-refractivity contribution is 5.36. The van der Waals surface area contributed by atoms with Gasteiger partial charge >= 0.3 is 0 Å². The summed E-state index contributed by atoms with van der Waals surface area (Å²) in [6.07, 6.45) is 8.53. The van der Waals surface area contributed by atoms with Gasteiger partial charge in [0.2, 0.25) is 5.95 Å². The first-order valence-electron chi connectivity index (χ1n) is 7.14. The molecule has 4 heteroatoms. The van der Waals surface area contributed by atoms with Crippen molar-refractivity contribution in [2.24, 2.45) is 0 Å². The Bertz CT molecular complexity index is 408. The average molecular weight is 246 g/mol. The fourth-order valence-electron chi connectivity index (χ4n) is 2.69. The predicted molar refractivity (Wildman–Crippen MR) is 72.8 cm³/mol. The average Bonchev–Trinajstić information content (AvgIpc) is 3.25. The molecule has 98 valence electrons. The molecule has 2 fully saturated rings. The van der Waals surface area contributed by atoms with Gasteiger partial charge in [-0.2, -0.15) is 0 Å². The smallest absolute Gasteiger partial charge is 0.225 e. The molecule has 0 unspecified atom stereocenters. The van der Waals surface area contributed by atoms with E-state index in [1.807, 2.05) is 13.2 Å². The van der Waals surface area contributed by atoms with Crippen LogP contribution in [0.3, 0.4) is 0 Å². The van der Waals surface area contributed by atoms with Crippen molar-refractivity contribution >= 4 is 5.95 Å². The monoisotopic (exact) mass is 246 g/mol. The molecule has 1 aromatic heterocycles. The summed E-state index contributed by atoms with van der Waals surface area (Å²) in [5.41, 5.74) is 2.57. The maximum absolute atomic E-state index is 4.85. The Kier molecular flexibility index (Phi) is 3.46. The normalized spacial score (nSPS) is 20.2. The van der Waals surface area contributed by atoms with E-state index in [4.69, 9.17) is 4.98 Å². The molecule has 1 saturated carbocycles. The van der Waals surface area contributed by atoms with Crippen LogP contribution in [0.15, 0.2) is 6.20 Å². The minimum Gasteiger partial charge on any atom is -0.341 e. The molecule has 0 aromatic carbocycles. The summed E-state index contributed by atoms with van der Waals surface area (Å²) < 4.78 is 0. The van der Waals surface area contributed by atoms with Crippen LogP contribution in [-0.2, 0) is 6.54 Å². The SMILES string of the molecule is CNCc1cnc(N2CCCCC2)nc1C1CC1. The Morgan fingerprint density at radius 3 is 2.72 bits per heavy atom. The molecule has 3 rings (SSSR count). The maximum atomic E-state index is 4.85. The number of piperidine rings is 1. The van der Waals surface area contributed by atoms with Gasteiger partial charge in [0.25, 0.3) is 0 Å². The van der Waals surface area contributed by atoms with E-state index in [9.17, 15) is 0 Å². The van der Waals surface area contributed by atoms with Gasteiger partial charge in [0.15, 0.2) is 0 Å². The topological polar surface area (TPSA) is 41.1 Å². The molecule has 18 heavy (non-hydrogen) atoms. The molecule has 0 spiro atoms. The van der Waals surface area contributed by atoms with E-state index in [1.165, 1.54) is 43.4 Å². The van der Waals surface area contributed by atoms with Crippen molar-refractivity contribution in [2.45, 2.75) is 44.6 Å². The molecule has 0 atom stereocenters. The van der Waals surface area contributed by atoms with E-state index in [0.717, 1.165) is 25.6 Å². The van der Waals surface area contributed by atoms with Crippen LogP contribution in [-0.4, -0.2) is 30.1 Å². The molecule has 1 aromatic rings. The standard InChI is InChI=1S/C14H22N4/c1-15-9-12-10-16-14(17-13(12)11-5-6-11)18-7-3-2-4-8-18/h10-11,15H,2-9H2,1H3. The van der Waals surface area contributed by atoms with Crippen molar-refractivity contribution in [1.82, 2.24) is 15.3 Å². The molecule has 0 amide bonds. The van der Waals surface area contributed by atoms with Crippen molar-refractivity contribution < 1.29 is 0 Å². The first kappa shape index (κ1) is 11.9. The molecule has 0 radical (unpaired) electrons. The van der Waals surface area contributed by atoms with E-state index in [1.54, 1.807) is 0 Å². The number of nitrogens with one attached hydrogen (secondary N) is 1. The number of aromatic nitrogens is 2. The number of nitrogens with zero attached hydrogens (tertiary/aromatic N) is 3. The first-order chi connectivity index (χ1) is 8.88. The molecule has 0 bridgehead atoms. The second-order valence-electron chi connectivity index (χ2n) is 5.43. The number of anilines is 1. The van der Waals surface area contributed by atoms with Crippen LogP contribution in [0.5, 0.6) is 0 Å². The van der Waals surface area contributed by atoms with E-state index in [0.29, 0.717) is 5.92 Å². The fraction of sp³-hybridized carbons (Fsp3) is 0.714. The molecule has 1 saturated heterocycles. The number of hydrogen-bond acceptors (Lipinski definition) is 4. The lowest BCUT2D eigenvalue weighted by molar-refractivity contribution is 0.566. The lowest BCUT2D eigenvalue weighted by Gasteiger charge is -2.27. The van der Waals surface area contributed by atoms with E-state index >= 15 is 0 Å². The molecular weight excluding hydrogens is 224 g/mol. The molecule has 1 aliphatic heterocycles. The summed E-state index contributed by atoms with van der Waals surface area (Å²) in [6.45, 7) is 3.12. The number of rotatable bonds is 4. The van der Waals surface area contributed by atoms with Crippen molar-refractivity contribution in [1.29, 1.82) is 0 Å². The van der Waals surface area contributed by atoms with Crippen LogP contribution in [0.25, 0.3) is 0 Å². The van der Waals surface area contributed by atoms with Gasteiger partial charge in [0.05, 0.1) is 5.69 Å². The van der Waals surface area contributed by atoms with Gasteiger partial charge in [-0.15, -0.1) is 0 Å². The predicted octanol–water partition coefficient (Wildman–Crippen LogP) is 2.06. The molecule has 4 nitrogen and oxygen atoms in total. The Morgan fingerprint density at radius 2 is 2.06 bits per heavy atom. The first-order valence-corrected chi connectivity index (χ1v) is 7.14. The molecule has 1 aliphatic carbocycles. The Hall–Kier alpha value is -1.16. The highest BCUT2D eigenvalue weighted by atomic mass is 15.3. The van der Waals surface area contributed by atoms with E-state index in [2.05, 4.69) is 15.2 Å². The molecule has 2 heterocycles. The third-order valence-corrected chi connectivity index (χ3v) is 3.86. The zero-order valence-corrected chi connectivity index (χ0v) is 11.2. The maximum Gasteiger partial charge on any atom is 0.225 e. The second kappa shape index (κ2) is 5.22. The zero-order valence-electron chi connectivity index (χ0n) is 11.2. The molecular formula is C14H22N4. The quantitative estimate of drug-likeness (QED) is 0.883. The van der Waals surface area contributed by atoms with Gasteiger partial charge in [-0.3, -0.25) is 0 Å². The number of hydrogen-bond donors (Lipinski definition) is 1. The van der Waals surface area contributed by atoms with Crippen molar-refractivity contribution in [2.75, 3.05) is 25.0 Å². The third-order valence-electron chi connectivity index (χ3n) is 3.86. The summed E-state index contributed by atoms with van der Waals surface area (Å²) in [7, 11) is 1.98. The summed E-state index contributed by atoms with van der Waals surface area (Å²) in [5, 5.41) is 3.21. The largest absolute Gasteiger partial charge is 0.341 e. The highest BCUT2D eigenvalue weighted by Gasteiger charge is 2.28. The van der Waals surface area contributed by atoms with Gasteiger partial charge in [-0.25, -0.2) is 9.97 Å². The van der Waals surface area contributed by atoms with Gasteiger partial charge < -0.3 is 10.2 Å². The Morgan fingerprint density at radius 1 is 1.28 bits per heavy atom. The van der Waals surface area contributed by atoms with Crippen LogP contribution in [0.1, 0.15) is 49.3 Å². The van der Waals surface area contributed by atoms with Crippen LogP contribution in [0.2, 0.25) is 0 Å². The van der Waals surface area contributed by atoms with Gasteiger partial charge in [-0.05, 0) is 39.2 Å². The molecule has 2 aliphatic rings. The fourth-order valence-corrected chi connectivity index (χ4v) is 2.69. The van der Waals surface area contributed by atoms with Crippen molar-refractivity contribution in [3.63, 3.8) is 0 Å². The lowest BCUT2D eigenvalue weighted by Crippen LogP contribution is -2.31. The second-order valence-corrected chi connectivity index (χ2v) is 5.43. The van der Waals surface area contributed by atoms with Crippen LogP contribution < -0.4 is 10.2 Å². The summed E-state index contributed by atoms with van der Waals surface area (Å²) in [6, 6.07) is 0. The Labute approximate surface area is 109 Å². The van der Waals surface area contributed by atoms with Crippen molar-refractivity contribution in [3.05, 3.63) is 17.5 Å². The van der Waals surface area contributed by atoms with Gasteiger partial charge in [0, 0.05) is 37.3 Å². The third kappa shape index (κ3) is 2.48. The van der Waals surface area contributed by atoms with E-state index in [-0.39, 0.29) is 0 Å². The summed E-state index contributed by atoms with van der Waals surface area (Å²) in [5.74, 6) is 1.65. The highest BCUT2D eigenvalue weighted by Crippen LogP contribution is 2.41. The summed E-state index contributed by atoms with van der Waals surface area (Å²) >= 11 is 0. The summed E-state index contributed by atoms with van der Waals surface area (Å²) in [4.78, 5) is 11.8. The van der Waals surface area contributed by atoms with E-state index < -0.39 is 0 Å². The zero-order chi connectivity index (χ0) is 12.4. The van der Waals surface area contributed by atoms with Crippen LogP contribution >= 0.6 is 0 Å². The Balaban J connectivity index is 1.84. The minimum atomic E-state index is 0.694. The lowest BCUT2D eigenvalue weighted by atomic mass is 10.1. The molecule has 1 N–H and O–H groups in total. The minimum absolute atomic E-state index is 0.694. The van der Waals surface area contributed by atoms with Gasteiger partial charge in [0.1, 0.15) is 0 Å². The van der Waals surface area contributed by atoms with Crippen molar-refractivity contribution in [3.8, 4) is 0 Å². The van der Waals surface area contributed by atoms with Gasteiger partial charge in [-0.1, -0.05) is 0 Å².